The highest BCUT2D eigenvalue weighted by Crippen LogP contribution is 2.13. The number of rotatable bonds is 18. The molecule has 0 atom stereocenters. The molecule has 0 aliphatic rings. The molecule has 7 heteroatoms. The van der Waals surface area contributed by atoms with E-state index >= 15 is 0 Å². The largest absolute Gasteiger partial charge is 0.480 e. The van der Waals surface area contributed by atoms with Crippen LogP contribution in [0.5, 0.6) is 0 Å². The van der Waals surface area contributed by atoms with E-state index in [1.54, 1.807) is 0 Å². The number of aliphatic imine (C=N–C) groups is 1. The zero-order valence-electron chi connectivity index (χ0n) is 16.2. The minimum Gasteiger partial charge on any atom is -0.480 e. The molecule has 0 fully saturated rings. The number of amides is 1. The molecule has 7 nitrogen and oxygen atoms in total. The molecule has 0 radical (unpaired) electrons. The summed E-state index contributed by atoms with van der Waals surface area (Å²) in [6.07, 6.45) is 16.0. The number of hydrogen-bond acceptors (Lipinski definition) is 3. The van der Waals surface area contributed by atoms with Crippen LogP contribution in [0.4, 0.5) is 0 Å². The summed E-state index contributed by atoms with van der Waals surface area (Å²) in [5, 5.41) is 10.8. The van der Waals surface area contributed by atoms with E-state index in [9.17, 15) is 9.59 Å². The molecule has 0 saturated carbocycles. The number of nitrogens with one attached hydrogen (secondary N) is 1. The van der Waals surface area contributed by atoms with Gasteiger partial charge in [0.1, 0.15) is 6.54 Å². The number of carboxylic acid groups (broad SMARTS) is 1. The summed E-state index contributed by atoms with van der Waals surface area (Å²) in [5.74, 6) is -0.976. The zero-order chi connectivity index (χ0) is 19.5. The molecule has 0 bridgehead atoms. The second kappa shape index (κ2) is 18.0. The van der Waals surface area contributed by atoms with Gasteiger partial charge in [0.15, 0.2) is 5.96 Å². The maximum absolute atomic E-state index is 11.3. The molecule has 0 heterocycles. The van der Waals surface area contributed by atoms with E-state index in [-0.39, 0.29) is 18.4 Å². The molecule has 0 aromatic carbocycles. The summed E-state index contributed by atoms with van der Waals surface area (Å²) in [7, 11) is 0. The first-order valence-electron chi connectivity index (χ1n) is 10.1. The van der Waals surface area contributed by atoms with E-state index in [0.29, 0.717) is 6.42 Å². The predicted molar refractivity (Wildman–Crippen MR) is 106 cm³/mol. The third-order valence-corrected chi connectivity index (χ3v) is 4.29. The standard InChI is InChI=1S/C19H38N4O3/c20-19(21)22-15-13-11-9-7-5-3-1-2-4-6-8-10-12-14-17(24)23-16-18(25)26/h1-16H2,(H,23,24)(H,25,26)(H4,20,21,22). The molecule has 152 valence electrons. The second-order valence-corrected chi connectivity index (χ2v) is 6.82. The first-order chi connectivity index (χ1) is 12.5. The molecule has 0 rings (SSSR count). The van der Waals surface area contributed by atoms with Gasteiger partial charge in [-0.2, -0.15) is 0 Å². The number of nitrogens with zero attached hydrogens (tertiary/aromatic N) is 1. The van der Waals surface area contributed by atoms with Crippen molar-refractivity contribution in [2.75, 3.05) is 13.1 Å². The lowest BCUT2D eigenvalue weighted by Crippen LogP contribution is -2.28. The van der Waals surface area contributed by atoms with Gasteiger partial charge < -0.3 is 21.9 Å². The van der Waals surface area contributed by atoms with Gasteiger partial charge in [-0.3, -0.25) is 14.6 Å². The van der Waals surface area contributed by atoms with Crippen molar-refractivity contribution in [3.05, 3.63) is 0 Å². The number of nitrogens with two attached hydrogens (primary N) is 2. The fourth-order valence-corrected chi connectivity index (χ4v) is 2.81. The molecule has 0 aromatic rings. The van der Waals surface area contributed by atoms with Gasteiger partial charge in [0.25, 0.3) is 0 Å². The lowest BCUT2D eigenvalue weighted by atomic mass is 10.0. The number of carbonyl (C=O) groups is 2. The fourth-order valence-electron chi connectivity index (χ4n) is 2.81. The Morgan fingerprint density at radius 2 is 1.15 bits per heavy atom. The Balaban J connectivity index is 3.14. The summed E-state index contributed by atoms with van der Waals surface area (Å²) in [6.45, 7) is 0.464. The van der Waals surface area contributed by atoms with Crippen LogP contribution < -0.4 is 16.8 Å². The Morgan fingerprint density at radius 3 is 1.58 bits per heavy atom. The molecule has 0 aromatic heterocycles. The van der Waals surface area contributed by atoms with Crippen molar-refractivity contribution in [1.29, 1.82) is 0 Å². The van der Waals surface area contributed by atoms with Gasteiger partial charge in [-0.25, -0.2) is 0 Å². The van der Waals surface area contributed by atoms with E-state index in [2.05, 4.69) is 10.3 Å². The van der Waals surface area contributed by atoms with Crippen LogP contribution in [0.2, 0.25) is 0 Å². The van der Waals surface area contributed by atoms with Crippen LogP contribution in [0.3, 0.4) is 0 Å². The summed E-state index contributed by atoms with van der Waals surface area (Å²) in [4.78, 5) is 25.6. The monoisotopic (exact) mass is 370 g/mol. The van der Waals surface area contributed by atoms with Crippen molar-refractivity contribution in [2.24, 2.45) is 16.5 Å². The van der Waals surface area contributed by atoms with E-state index in [4.69, 9.17) is 16.6 Å². The zero-order valence-corrected chi connectivity index (χ0v) is 16.2. The molecular formula is C19H38N4O3. The molecule has 0 aliphatic heterocycles. The van der Waals surface area contributed by atoms with Crippen molar-refractivity contribution in [3.8, 4) is 0 Å². The van der Waals surface area contributed by atoms with E-state index in [1.165, 1.54) is 57.8 Å². The molecular weight excluding hydrogens is 332 g/mol. The second-order valence-electron chi connectivity index (χ2n) is 6.82. The van der Waals surface area contributed by atoms with Gasteiger partial charge in [0.2, 0.25) is 5.91 Å². The molecule has 0 spiro atoms. The summed E-state index contributed by atoms with van der Waals surface area (Å²) >= 11 is 0. The summed E-state index contributed by atoms with van der Waals surface area (Å²) in [5.41, 5.74) is 10.5. The van der Waals surface area contributed by atoms with Crippen LogP contribution in [0.25, 0.3) is 0 Å². The van der Waals surface area contributed by atoms with E-state index in [0.717, 1.165) is 32.2 Å². The van der Waals surface area contributed by atoms with Crippen molar-refractivity contribution in [2.45, 2.75) is 89.9 Å². The first kappa shape index (κ1) is 24.2. The lowest BCUT2D eigenvalue weighted by molar-refractivity contribution is -0.137. The molecule has 0 unspecified atom stereocenters. The molecule has 6 N–H and O–H groups in total. The maximum Gasteiger partial charge on any atom is 0.322 e. The number of aliphatic carboxylic acids is 1. The Morgan fingerprint density at radius 1 is 0.731 bits per heavy atom. The number of carbonyl (C=O) groups excluding carboxylic acids is 1. The third kappa shape index (κ3) is 20.3. The van der Waals surface area contributed by atoms with Crippen molar-refractivity contribution in [1.82, 2.24) is 5.32 Å². The Labute approximate surface area is 158 Å². The minimum absolute atomic E-state index is 0.163. The lowest BCUT2D eigenvalue weighted by Gasteiger charge is -2.04. The van der Waals surface area contributed by atoms with Crippen LogP contribution in [0, 0.1) is 0 Å². The highest BCUT2D eigenvalue weighted by molar-refractivity contribution is 5.80. The van der Waals surface area contributed by atoms with Crippen LogP contribution in [0.1, 0.15) is 89.9 Å². The maximum atomic E-state index is 11.3. The predicted octanol–water partition coefficient (Wildman–Crippen LogP) is 2.92. The van der Waals surface area contributed by atoms with Crippen LogP contribution in [-0.4, -0.2) is 36.0 Å². The quantitative estimate of drug-likeness (QED) is 0.167. The fraction of sp³-hybridized carbons (Fsp3) is 0.842. The third-order valence-electron chi connectivity index (χ3n) is 4.29. The molecule has 0 saturated heterocycles. The topological polar surface area (TPSA) is 131 Å². The SMILES string of the molecule is NC(N)=NCCCCCCCCCCCCCCCC(=O)NCC(=O)O. The average molecular weight is 371 g/mol. The van der Waals surface area contributed by atoms with Gasteiger partial charge in [-0.15, -0.1) is 0 Å². The van der Waals surface area contributed by atoms with Crippen molar-refractivity contribution in [3.63, 3.8) is 0 Å². The van der Waals surface area contributed by atoms with Gasteiger partial charge in [-0.05, 0) is 12.8 Å². The molecule has 26 heavy (non-hydrogen) atoms. The van der Waals surface area contributed by atoms with Gasteiger partial charge in [-0.1, -0.05) is 70.6 Å². The first-order valence-corrected chi connectivity index (χ1v) is 10.1. The van der Waals surface area contributed by atoms with Gasteiger partial charge in [0.05, 0.1) is 0 Å². The minimum atomic E-state index is -0.999. The van der Waals surface area contributed by atoms with E-state index < -0.39 is 5.97 Å². The smallest absolute Gasteiger partial charge is 0.322 e. The Hall–Kier alpha value is -1.79. The van der Waals surface area contributed by atoms with Gasteiger partial charge >= 0.3 is 5.97 Å². The Bertz CT molecular complexity index is 396. The van der Waals surface area contributed by atoms with Crippen molar-refractivity contribution >= 4 is 17.8 Å². The highest BCUT2D eigenvalue weighted by Gasteiger charge is 2.03. The number of hydrogen-bond donors (Lipinski definition) is 4. The van der Waals surface area contributed by atoms with E-state index in [1.807, 2.05) is 0 Å². The summed E-state index contributed by atoms with van der Waals surface area (Å²) in [6, 6.07) is 0. The van der Waals surface area contributed by atoms with Crippen LogP contribution >= 0.6 is 0 Å². The molecule has 1 amide bonds. The highest BCUT2D eigenvalue weighted by atomic mass is 16.4. The number of carboxylic acids is 1. The van der Waals surface area contributed by atoms with Crippen molar-refractivity contribution < 1.29 is 14.7 Å². The Kier molecular flexibility index (Phi) is 16.8. The van der Waals surface area contributed by atoms with Crippen LogP contribution in [0.15, 0.2) is 4.99 Å². The molecule has 0 aliphatic carbocycles. The normalized spacial score (nSPS) is 10.5. The average Bonchev–Trinajstić information content (AvgIpc) is 2.59. The van der Waals surface area contributed by atoms with Gasteiger partial charge in [0, 0.05) is 13.0 Å². The summed E-state index contributed by atoms with van der Waals surface area (Å²) < 4.78 is 0. The van der Waals surface area contributed by atoms with Crippen LogP contribution in [-0.2, 0) is 9.59 Å². The number of unbranched alkanes of at least 4 members (excludes halogenated alkanes) is 12. The number of guanidine groups is 1.